The van der Waals surface area contributed by atoms with Gasteiger partial charge in [-0.1, -0.05) is 12.1 Å². The van der Waals surface area contributed by atoms with Gasteiger partial charge in [0.05, 0.1) is 18.7 Å². The third-order valence-corrected chi connectivity index (χ3v) is 3.97. The van der Waals surface area contributed by atoms with Crippen molar-refractivity contribution in [2.24, 2.45) is 5.92 Å². The molecule has 2 atom stereocenters. The first-order valence-corrected chi connectivity index (χ1v) is 6.91. The van der Waals surface area contributed by atoms with Crippen molar-refractivity contribution in [3.8, 4) is 11.8 Å². The molecule has 1 aliphatic rings. The number of carbonyl (C=O) groups is 1. The molecule has 2 aromatic rings. The van der Waals surface area contributed by atoms with Crippen LogP contribution in [0.15, 0.2) is 48.5 Å². The summed E-state index contributed by atoms with van der Waals surface area (Å²) in [6, 6.07) is 16.9. The van der Waals surface area contributed by atoms with E-state index in [-0.39, 0.29) is 17.6 Å². The van der Waals surface area contributed by atoms with E-state index in [4.69, 9.17) is 10.00 Å². The molecule has 1 saturated carbocycles. The maximum atomic E-state index is 12.4. The minimum Gasteiger partial charge on any atom is -0.497 e. The van der Waals surface area contributed by atoms with Crippen LogP contribution in [0, 0.1) is 17.2 Å². The number of ether oxygens (including phenoxy) is 1. The molecule has 0 radical (unpaired) electrons. The minimum absolute atomic E-state index is 0.0614. The van der Waals surface area contributed by atoms with Crippen molar-refractivity contribution in [1.82, 2.24) is 0 Å². The topological polar surface area (TPSA) is 50.1 Å². The van der Waals surface area contributed by atoms with Crippen molar-refractivity contribution in [3.05, 3.63) is 65.2 Å². The van der Waals surface area contributed by atoms with Crippen LogP contribution in [0.1, 0.15) is 33.8 Å². The fourth-order valence-electron chi connectivity index (χ4n) is 2.63. The Labute approximate surface area is 123 Å². The first kappa shape index (κ1) is 13.4. The van der Waals surface area contributed by atoms with Gasteiger partial charge in [0.15, 0.2) is 5.78 Å². The van der Waals surface area contributed by atoms with Crippen LogP contribution in [-0.2, 0) is 0 Å². The number of hydrogen-bond acceptors (Lipinski definition) is 3. The first-order valence-electron chi connectivity index (χ1n) is 6.91. The molecule has 104 valence electrons. The molecule has 21 heavy (non-hydrogen) atoms. The molecule has 3 rings (SSSR count). The van der Waals surface area contributed by atoms with E-state index in [2.05, 4.69) is 6.07 Å². The molecule has 0 spiro atoms. The highest BCUT2D eigenvalue weighted by Crippen LogP contribution is 2.49. The molecule has 0 aromatic heterocycles. The maximum absolute atomic E-state index is 12.4. The Kier molecular flexibility index (Phi) is 3.45. The van der Waals surface area contributed by atoms with Gasteiger partial charge in [-0.25, -0.2) is 0 Å². The van der Waals surface area contributed by atoms with E-state index in [0.717, 1.165) is 23.3 Å². The number of ketones is 1. The second-order valence-electron chi connectivity index (χ2n) is 5.28. The van der Waals surface area contributed by atoms with Crippen LogP contribution in [0.5, 0.6) is 5.75 Å². The maximum Gasteiger partial charge on any atom is 0.166 e. The average molecular weight is 277 g/mol. The van der Waals surface area contributed by atoms with Gasteiger partial charge >= 0.3 is 0 Å². The van der Waals surface area contributed by atoms with E-state index in [9.17, 15) is 4.79 Å². The summed E-state index contributed by atoms with van der Waals surface area (Å²) in [5, 5.41) is 8.80. The fraction of sp³-hybridized carbons (Fsp3) is 0.222. The van der Waals surface area contributed by atoms with Crippen molar-refractivity contribution in [1.29, 1.82) is 5.26 Å². The predicted octanol–water partition coefficient (Wildman–Crippen LogP) is 3.55. The number of methoxy groups -OCH3 is 1. The Hall–Kier alpha value is -2.60. The molecule has 0 amide bonds. The summed E-state index contributed by atoms with van der Waals surface area (Å²) in [5.74, 6) is 1.29. The van der Waals surface area contributed by atoms with Crippen LogP contribution in [0.3, 0.4) is 0 Å². The molecular formula is C18H15NO2. The number of Topliss-reactive ketones (excluding diaryl/α,β-unsaturated/α-hetero) is 1. The lowest BCUT2D eigenvalue weighted by Crippen LogP contribution is -2.03. The third-order valence-electron chi connectivity index (χ3n) is 3.97. The van der Waals surface area contributed by atoms with Crippen molar-refractivity contribution >= 4 is 5.78 Å². The number of hydrogen-bond donors (Lipinski definition) is 0. The Morgan fingerprint density at radius 2 is 1.81 bits per heavy atom. The van der Waals surface area contributed by atoms with E-state index in [1.165, 1.54) is 0 Å². The van der Waals surface area contributed by atoms with E-state index in [1.54, 1.807) is 7.11 Å². The van der Waals surface area contributed by atoms with Crippen LogP contribution < -0.4 is 4.74 Å². The predicted molar refractivity (Wildman–Crippen MR) is 79.3 cm³/mol. The van der Waals surface area contributed by atoms with Crippen LogP contribution in [0.2, 0.25) is 0 Å². The van der Waals surface area contributed by atoms with Gasteiger partial charge in [0, 0.05) is 11.5 Å². The quantitative estimate of drug-likeness (QED) is 0.803. The summed E-state index contributed by atoms with van der Waals surface area (Å²) in [6.45, 7) is 0. The lowest BCUT2D eigenvalue weighted by Gasteiger charge is -2.03. The summed E-state index contributed by atoms with van der Waals surface area (Å²) < 4.78 is 5.10. The number of nitriles is 1. The van der Waals surface area contributed by atoms with E-state index < -0.39 is 0 Å². The molecule has 0 aliphatic heterocycles. The summed E-state index contributed by atoms with van der Waals surface area (Å²) in [4.78, 5) is 12.4. The van der Waals surface area contributed by atoms with Gasteiger partial charge in [0.25, 0.3) is 0 Å². The Morgan fingerprint density at radius 3 is 2.38 bits per heavy atom. The molecule has 0 saturated heterocycles. The Morgan fingerprint density at radius 1 is 1.14 bits per heavy atom. The summed E-state index contributed by atoms with van der Waals surface area (Å²) in [6.07, 6.45) is 0.886. The number of benzene rings is 2. The molecule has 1 fully saturated rings. The lowest BCUT2D eigenvalue weighted by molar-refractivity contribution is 0.0965. The molecule has 3 nitrogen and oxygen atoms in total. The van der Waals surface area contributed by atoms with Crippen molar-refractivity contribution in [2.75, 3.05) is 7.11 Å². The molecule has 2 aromatic carbocycles. The molecule has 0 heterocycles. The summed E-state index contributed by atoms with van der Waals surface area (Å²) in [5.41, 5.74) is 2.52. The molecule has 0 unspecified atom stereocenters. The molecule has 1 aliphatic carbocycles. The third kappa shape index (κ3) is 2.66. The number of rotatable bonds is 4. The van der Waals surface area contributed by atoms with Crippen molar-refractivity contribution in [2.45, 2.75) is 12.3 Å². The van der Waals surface area contributed by atoms with E-state index >= 15 is 0 Å². The van der Waals surface area contributed by atoms with Gasteiger partial charge in [-0.15, -0.1) is 0 Å². The fourth-order valence-corrected chi connectivity index (χ4v) is 2.63. The van der Waals surface area contributed by atoms with Crippen LogP contribution in [0.4, 0.5) is 0 Å². The Balaban J connectivity index is 1.71. The van der Waals surface area contributed by atoms with E-state index in [1.807, 2.05) is 48.5 Å². The second kappa shape index (κ2) is 5.41. The van der Waals surface area contributed by atoms with E-state index in [0.29, 0.717) is 5.56 Å². The zero-order valence-corrected chi connectivity index (χ0v) is 11.7. The average Bonchev–Trinajstić information content (AvgIpc) is 3.35. The van der Waals surface area contributed by atoms with Crippen LogP contribution in [-0.4, -0.2) is 12.9 Å². The smallest absolute Gasteiger partial charge is 0.166 e. The van der Waals surface area contributed by atoms with Gasteiger partial charge < -0.3 is 4.74 Å². The van der Waals surface area contributed by atoms with Crippen LogP contribution in [0.25, 0.3) is 0 Å². The van der Waals surface area contributed by atoms with Gasteiger partial charge in [-0.2, -0.15) is 5.26 Å². The minimum atomic E-state index is 0.0614. The highest BCUT2D eigenvalue weighted by atomic mass is 16.5. The van der Waals surface area contributed by atoms with Gasteiger partial charge in [0.1, 0.15) is 5.75 Å². The standard InChI is InChI=1S/C18H15NO2/c1-21-15-8-6-14(7-9-15)18(20)17-10-16(17)13-4-2-12(11-19)3-5-13/h2-9,16-17H,10H2,1H3/t16-,17+/m1/s1. The molecule has 0 N–H and O–H groups in total. The SMILES string of the molecule is COc1ccc(C(=O)[C@H]2C[C@@H]2c2ccc(C#N)cc2)cc1. The molecule has 3 heteroatoms. The monoisotopic (exact) mass is 277 g/mol. The Bertz CT molecular complexity index is 695. The normalized spacial score (nSPS) is 19.6. The molecular weight excluding hydrogens is 262 g/mol. The van der Waals surface area contributed by atoms with Gasteiger partial charge in [-0.05, 0) is 54.3 Å². The lowest BCUT2D eigenvalue weighted by atomic mass is 10.0. The highest BCUT2D eigenvalue weighted by Gasteiger charge is 2.43. The molecule has 0 bridgehead atoms. The van der Waals surface area contributed by atoms with Crippen LogP contribution >= 0.6 is 0 Å². The number of nitrogens with zero attached hydrogens (tertiary/aromatic N) is 1. The van der Waals surface area contributed by atoms with Crippen molar-refractivity contribution < 1.29 is 9.53 Å². The summed E-state index contributed by atoms with van der Waals surface area (Å²) >= 11 is 0. The zero-order chi connectivity index (χ0) is 14.8. The zero-order valence-electron chi connectivity index (χ0n) is 11.7. The van der Waals surface area contributed by atoms with Gasteiger partial charge in [0.2, 0.25) is 0 Å². The first-order chi connectivity index (χ1) is 10.2. The number of carbonyl (C=O) groups excluding carboxylic acids is 1. The van der Waals surface area contributed by atoms with Crippen molar-refractivity contribution in [3.63, 3.8) is 0 Å². The van der Waals surface area contributed by atoms with Gasteiger partial charge in [-0.3, -0.25) is 4.79 Å². The second-order valence-corrected chi connectivity index (χ2v) is 5.28. The largest absolute Gasteiger partial charge is 0.497 e. The highest BCUT2D eigenvalue weighted by molar-refractivity contribution is 6.00. The summed E-state index contributed by atoms with van der Waals surface area (Å²) in [7, 11) is 1.61.